The molecule has 0 N–H and O–H groups in total. The molecule has 0 radical (unpaired) electrons. The molecule has 2 heterocycles. The maximum absolute atomic E-state index is 11.6. The standard InChI is InChI=1S/C17H24O4/c1-10-5-6-15(3)12(7-10)21-14-8-13(20-11(2)18)16(15,4)17(14)9-19-17/h7,12-14H,5-6,8-9H2,1-4H3/t12-,13-,14+,15+,16+,17+/m1/s1. The lowest BCUT2D eigenvalue weighted by Gasteiger charge is -2.57. The molecule has 2 bridgehead atoms. The summed E-state index contributed by atoms with van der Waals surface area (Å²) in [5.41, 5.74) is 0.946. The fraction of sp³-hybridized carbons (Fsp3) is 0.824. The number of hydrogen-bond donors (Lipinski definition) is 0. The van der Waals surface area contributed by atoms with Gasteiger partial charge in [-0.1, -0.05) is 25.5 Å². The van der Waals surface area contributed by atoms with Crippen molar-refractivity contribution in [2.24, 2.45) is 10.8 Å². The van der Waals surface area contributed by atoms with Crippen molar-refractivity contribution >= 4 is 5.97 Å². The highest BCUT2D eigenvalue weighted by atomic mass is 16.6. The molecule has 4 nitrogen and oxygen atoms in total. The summed E-state index contributed by atoms with van der Waals surface area (Å²) in [6, 6.07) is 0. The summed E-state index contributed by atoms with van der Waals surface area (Å²) in [5.74, 6) is -0.202. The van der Waals surface area contributed by atoms with Gasteiger partial charge < -0.3 is 14.2 Å². The second kappa shape index (κ2) is 3.90. The molecule has 2 aliphatic heterocycles. The van der Waals surface area contributed by atoms with Gasteiger partial charge >= 0.3 is 5.97 Å². The van der Waals surface area contributed by atoms with Crippen molar-refractivity contribution < 1.29 is 19.0 Å². The normalized spacial score (nSPS) is 54.1. The van der Waals surface area contributed by atoms with E-state index in [0.717, 1.165) is 25.9 Å². The topological polar surface area (TPSA) is 48.1 Å². The Morgan fingerprint density at radius 3 is 2.76 bits per heavy atom. The minimum atomic E-state index is -0.239. The van der Waals surface area contributed by atoms with Gasteiger partial charge in [-0.3, -0.25) is 4.79 Å². The summed E-state index contributed by atoms with van der Waals surface area (Å²) in [5, 5.41) is 0. The first-order chi connectivity index (χ1) is 9.83. The predicted octanol–water partition coefficient (Wildman–Crippen LogP) is 2.61. The lowest BCUT2D eigenvalue weighted by atomic mass is 9.52. The van der Waals surface area contributed by atoms with Crippen LogP contribution < -0.4 is 0 Å². The molecule has 3 fully saturated rings. The van der Waals surface area contributed by atoms with Gasteiger partial charge in [0.25, 0.3) is 0 Å². The molecule has 4 rings (SSSR count). The van der Waals surface area contributed by atoms with E-state index in [4.69, 9.17) is 14.2 Å². The number of carbonyl (C=O) groups is 1. The Morgan fingerprint density at radius 2 is 2.14 bits per heavy atom. The van der Waals surface area contributed by atoms with Crippen molar-refractivity contribution in [3.8, 4) is 0 Å². The fourth-order valence-corrected chi connectivity index (χ4v) is 5.22. The number of fused-ring (bicyclic) bond motifs is 2. The number of carbonyl (C=O) groups excluding carboxylic acids is 1. The summed E-state index contributed by atoms with van der Waals surface area (Å²) in [6.45, 7) is 8.96. The van der Waals surface area contributed by atoms with E-state index in [0.29, 0.717) is 0 Å². The molecule has 2 saturated heterocycles. The monoisotopic (exact) mass is 292 g/mol. The molecule has 0 aromatic rings. The molecule has 4 aliphatic rings. The summed E-state index contributed by atoms with van der Waals surface area (Å²) >= 11 is 0. The first-order valence-corrected chi connectivity index (χ1v) is 7.97. The van der Waals surface area contributed by atoms with Gasteiger partial charge in [-0.15, -0.1) is 0 Å². The zero-order valence-corrected chi connectivity index (χ0v) is 13.3. The van der Waals surface area contributed by atoms with Crippen molar-refractivity contribution in [1.82, 2.24) is 0 Å². The van der Waals surface area contributed by atoms with Crippen LogP contribution in [0.15, 0.2) is 11.6 Å². The SMILES string of the molecule is CC(=O)O[C@@H]1C[C@@H]2O[C@@H]3C=C(C)CC[C@]3(C)[C@@]1(C)[C@]21CO1. The minimum Gasteiger partial charge on any atom is -0.462 e. The smallest absolute Gasteiger partial charge is 0.302 e. The van der Waals surface area contributed by atoms with Gasteiger partial charge in [-0.2, -0.15) is 0 Å². The summed E-state index contributed by atoms with van der Waals surface area (Å²) < 4.78 is 18.1. The van der Waals surface area contributed by atoms with Crippen LogP contribution in [0.1, 0.15) is 47.0 Å². The maximum atomic E-state index is 11.6. The predicted molar refractivity (Wildman–Crippen MR) is 76.7 cm³/mol. The first kappa shape index (κ1) is 13.8. The van der Waals surface area contributed by atoms with Crippen LogP contribution in [0.4, 0.5) is 0 Å². The van der Waals surface area contributed by atoms with Crippen molar-refractivity contribution in [3.05, 3.63) is 11.6 Å². The lowest BCUT2D eigenvalue weighted by molar-refractivity contribution is -0.210. The molecule has 0 aromatic carbocycles. The highest BCUT2D eigenvalue weighted by Gasteiger charge is 2.81. The van der Waals surface area contributed by atoms with Gasteiger partial charge in [-0.25, -0.2) is 0 Å². The van der Waals surface area contributed by atoms with Crippen LogP contribution in [0.2, 0.25) is 0 Å². The number of epoxide rings is 1. The average Bonchev–Trinajstić information content (AvgIpc) is 3.16. The molecule has 1 saturated carbocycles. The third-order valence-corrected chi connectivity index (χ3v) is 6.83. The molecular formula is C17H24O4. The molecule has 4 heteroatoms. The molecular weight excluding hydrogens is 268 g/mol. The van der Waals surface area contributed by atoms with E-state index in [1.165, 1.54) is 12.5 Å². The molecule has 116 valence electrons. The highest BCUT2D eigenvalue weighted by molar-refractivity contribution is 5.66. The van der Waals surface area contributed by atoms with Crippen molar-refractivity contribution in [3.63, 3.8) is 0 Å². The summed E-state index contributed by atoms with van der Waals surface area (Å²) in [4.78, 5) is 11.6. The van der Waals surface area contributed by atoms with Crippen LogP contribution >= 0.6 is 0 Å². The number of rotatable bonds is 1. The molecule has 1 spiro atoms. The molecule has 21 heavy (non-hydrogen) atoms. The van der Waals surface area contributed by atoms with Crippen LogP contribution in [0.3, 0.4) is 0 Å². The molecule has 0 aromatic heterocycles. The second-order valence-corrected chi connectivity index (χ2v) is 7.69. The molecule has 2 aliphatic carbocycles. The lowest BCUT2D eigenvalue weighted by Crippen LogP contribution is -2.63. The number of allylic oxidation sites excluding steroid dienone is 1. The van der Waals surface area contributed by atoms with Gasteiger partial charge in [0.15, 0.2) is 0 Å². The quantitative estimate of drug-likeness (QED) is 0.423. The second-order valence-electron chi connectivity index (χ2n) is 7.69. The van der Waals surface area contributed by atoms with Gasteiger partial charge in [0.05, 0.1) is 18.8 Å². The maximum Gasteiger partial charge on any atom is 0.302 e. The summed E-state index contributed by atoms with van der Waals surface area (Å²) in [7, 11) is 0. The Labute approximate surface area is 125 Å². The Balaban J connectivity index is 1.82. The van der Waals surface area contributed by atoms with E-state index in [1.807, 2.05) is 0 Å². The average molecular weight is 292 g/mol. The van der Waals surface area contributed by atoms with E-state index >= 15 is 0 Å². The summed E-state index contributed by atoms with van der Waals surface area (Å²) in [6.07, 6.45) is 5.23. The van der Waals surface area contributed by atoms with Crippen LogP contribution in [0, 0.1) is 10.8 Å². The van der Waals surface area contributed by atoms with E-state index < -0.39 is 0 Å². The first-order valence-electron chi connectivity index (χ1n) is 7.97. The van der Waals surface area contributed by atoms with Crippen LogP contribution in [0.25, 0.3) is 0 Å². The Kier molecular flexibility index (Phi) is 2.56. The van der Waals surface area contributed by atoms with E-state index in [1.54, 1.807) is 0 Å². The Bertz CT molecular complexity index is 535. The van der Waals surface area contributed by atoms with Gasteiger partial charge in [0, 0.05) is 24.2 Å². The third-order valence-electron chi connectivity index (χ3n) is 6.83. The minimum absolute atomic E-state index is 0.0455. The zero-order chi connectivity index (χ0) is 15.0. The van der Waals surface area contributed by atoms with Crippen LogP contribution in [-0.2, 0) is 19.0 Å². The van der Waals surface area contributed by atoms with Crippen LogP contribution in [0.5, 0.6) is 0 Å². The van der Waals surface area contributed by atoms with Crippen molar-refractivity contribution in [2.45, 2.75) is 70.9 Å². The van der Waals surface area contributed by atoms with Crippen LogP contribution in [-0.4, -0.2) is 36.5 Å². The van der Waals surface area contributed by atoms with Crippen molar-refractivity contribution in [2.75, 3.05) is 6.61 Å². The van der Waals surface area contributed by atoms with Gasteiger partial charge in [-0.05, 0) is 19.8 Å². The van der Waals surface area contributed by atoms with E-state index in [2.05, 4.69) is 26.8 Å². The van der Waals surface area contributed by atoms with Gasteiger partial charge in [0.1, 0.15) is 11.7 Å². The van der Waals surface area contributed by atoms with Crippen molar-refractivity contribution in [1.29, 1.82) is 0 Å². The van der Waals surface area contributed by atoms with E-state index in [9.17, 15) is 4.79 Å². The molecule has 0 unspecified atom stereocenters. The molecule has 6 atom stereocenters. The highest BCUT2D eigenvalue weighted by Crippen LogP contribution is 2.71. The number of esters is 1. The largest absolute Gasteiger partial charge is 0.462 e. The number of hydrogen-bond acceptors (Lipinski definition) is 4. The number of ether oxygens (including phenoxy) is 3. The zero-order valence-electron chi connectivity index (χ0n) is 13.3. The Hall–Kier alpha value is -0.870. The third kappa shape index (κ3) is 1.45. The fourth-order valence-electron chi connectivity index (χ4n) is 5.22. The van der Waals surface area contributed by atoms with E-state index in [-0.39, 0.29) is 40.7 Å². The Morgan fingerprint density at radius 1 is 1.43 bits per heavy atom. The molecule has 0 amide bonds. The van der Waals surface area contributed by atoms with Gasteiger partial charge in [0.2, 0.25) is 0 Å².